The molecule has 1 aromatic heterocycles. The highest BCUT2D eigenvalue weighted by molar-refractivity contribution is 7.80. The Kier molecular flexibility index (Phi) is 6.32. The number of morpholine rings is 1. The SMILES string of the molecule is Cc1[nH]c2ccccc2c1CC(=O)N1CCCN1C(=S)NCCN1CCOCC1. The Hall–Kier alpha value is -2.16. The van der Waals surface area contributed by atoms with Gasteiger partial charge in [0.2, 0.25) is 5.91 Å². The first kappa shape index (κ1) is 20.1. The maximum Gasteiger partial charge on any atom is 0.245 e. The third-order valence-electron chi connectivity index (χ3n) is 5.72. The average molecular weight is 416 g/mol. The third kappa shape index (κ3) is 4.55. The normalized spacial score (nSPS) is 17.8. The third-order valence-corrected chi connectivity index (χ3v) is 6.07. The van der Waals surface area contributed by atoms with E-state index >= 15 is 0 Å². The Morgan fingerprint density at radius 1 is 1.17 bits per heavy atom. The summed E-state index contributed by atoms with van der Waals surface area (Å²) in [6.45, 7) is 8.76. The summed E-state index contributed by atoms with van der Waals surface area (Å²) in [5, 5.41) is 8.83. The van der Waals surface area contributed by atoms with E-state index in [1.165, 1.54) is 0 Å². The highest BCUT2D eigenvalue weighted by atomic mass is 32.1. The van der Waals surface area contributed by atoms with Crippen LogP contribution in [0.3, 0.4) is 0 Å². The van der Waals surface area contributed by atoms with Gasteiger partial charge in [0.15, 0.2) is 5.11 Å². The van der Waals surface area contributed by atoms with Crippen molar-refractivity contribution in [1.82, 2.24) is 25.2 Å². The topological polar surface area (TPSA) is 63.8 Å². The van der Waals surface area contributed by atoms with Crippen LogP contribution in [0.4, 0.5) is 0 Å². The summed E-state index contributed by atoms with van der Waals surface area (Å²) < 4.78 is 5.38. The lowest BCUT2D eigenvalue weighted by Crippen LogP contribution is -2.51. The van der Waals surface area contributed by atoms with E-state index < -0.39 is 0 Å². The highest BCUT2D eigenvalue weighted by Gasteiger charge is 2.29. The number of H-pyrrole nitrogens is 1. The molecule has 0 unspecified atom stereocenters. The standard InChI is InChI=1S/C21H29N5O2S/c1-16-18(17-5-2-3-6-19(17)23-16)15-20(27)25-8-4-9-26(25)21(29)22-7-10-24-11-13-28-14-12-24/h2-3,5-6,23H,4,7-15H2,1H3,(H,22,29). The maximum atomic E-state index is 13.1. The molecule has 156 valence electrons. The summed E-state index contributed by atoms with van der Waals surface area (Å²) in [6.07, 6.45) is 1.31. The number of fused-ring (bicyclic) bond motifs is 1. The van der Waals surface area contributed by atoms with Crippen molar-refractivity contribution in [2.45, 2.75) is 19.8 Å². The van der Waals surface area contributed by atoms with E-state index in [1.807, 2.05) is 35.1 Å². The van der Waals surface area contributed by atoms with Gasteiger partial charge in [-0.05, 0) is 37.2 Å². The van der Waals surface area contributed by atoms with E-state index in [0.717, 1.165) is 74.5 Å². The molecule has 8 heteroatoms. The molecule has 2 aliphatic rings. The minimum atomic E-state index is 0.0904. The van der Waals surface area contributed by atoms with Gasteiger partial charge in [0, 0.05) is 55.9 Å². The number of amides is 1. The van der Waals surface area contributed by atoms with E-state index in [9.17, 15) is 4.79 Å². The van der Waals surface area contributed by atoms with Gasteiger partial charge in [-0.1, -0.05) is 18.2 Å². The number of aromatic amines is 1. The van der Waals surface area contributed by atoms with Crippen molar-refractivity contribution in [3.05, 3.63) is 35.5 Å². The van der Waals surface area contributed by atoms with Crippen LogP contribution in [0.15, 0.2) is 24.3 Å². The van der Waals surface area contributed by atoms with Gasteiger partial charge in [-0.3, -0.25) is 19.7 Å². The Morgan fingerprint density at radius 2 is 1.93 bits per heavy atom. The quantitative estimate of drug-likeness (QED) is 0.725. The molecule has 2 aliphatic heterocycles. The van der Waals surface area contributed by atoms with Crippen molar-refractivity contribution in [2.24, 2.45) is 0 Å². The number of thiocarbonyl (C=S) groups is 1. The maximum absolute atomic E-state index is 13.1. The van der Waals surface area contributed by atoms with E-state index in [4.69, 9.17) is 17.0 Å². The molecule has 0 radical (unpaired) electrons. The van der Waals surface area contributed by atoms with E-state index in [1.54, 1.807) is 0 Å². The van der Waals surface area contributed by atoms with Crippen LogP contribution in [0, 0.1) is 6.92 Å². The van der Waals surface area contributed by atoms with Crippen LogP contribution in [-0.4, -0.2) is 83.4 Å². The fraction of sp³-hybridized carbons (Fsp3) is 0.524. The van der Waals surface area contributed by atoms with Gasteiger partial charge in [-0.25, -0.2) is 0 Å². The second-order valence-corrected chi connectivity index (χ2v) is 8.02. The summed E-state index contributed by atoms with van der Waals surface area (Å²) in [5.74, 6) is 0.0904. The van der Waals surface area contributed by atoms with Crippen LogP contribution in [0.2, 0.25) is 0 Å². The zero-order chi connectivity index (χ0) is 20.2. The summed E-state index contributed by atoms with van der Waals surface area (Å²) in [7, 11) is 0. The fourth-order valence-electron chi connectivity index (χ4n) is 4.12. The molecule has 4 rings (SSSR count). The lowest BCUT2D eigenvalue weighted by molar-refractivity contribution is -0.138. The first-order chi connectivity index (χ1) is 14.1. The minimum Gasteiger partial charge on any atom is -0.379 e. The Bertz CT molecular complexity index is 877. The molecule has 1 aromatic carbocycles. The molecule has 1 amide bonds. The molecule has 7 nitrogen and oxygen atoms in total. The summed E-state index contributed by atoms with van der Waals surface area (Å²) in [6, 6.07) is 8.14. The Balaban J connectivity index is 1.35. The van der Waals surface area contributed by atoms with Crippen molar-refractivity contribution in [1.29, 1.82) is 0 Å². The number of rotatable bonds is 5. The van der Waals surface area contributed by atoms with Gasteiger partial charge in [-0.15, -0.1) is 0 Å². The molecule has 2 fully saturated rings. The van der Waals surface area contributed by atoms with Crippen LogP contribution in [0.1, 0.15) is 17.7 Å². The number of nitrogens with zero attached hydrogens (tertiary/aromatic N) is 3. The number of aryl methyl sites for hydroxylation is 1. The van der Waals surface area contributed by atoms with Crippen molar-refractivity contribution in [3.63, 3.8) is 0 Å². The lowest BCUT2D eigenvalue weighted by atomic mass is 10.1. The largest absolute Gasteiger partial charge is 0.379 e. The lowest BCUT2D eigenvalue weighted by Gasteiger charge is -2.31. The zero-order valence-corrected chi connectivity index (χ0v) is 17.8. The number of hydrogen-bond donors (Lipinski definition) is 2. The number of hydrogen-bond acceptors (Lipinski definition) is 4. The molecule has 0 bridgehead atoms. The first-order valence-corrected chi connectivity index (χ1v) is 10.8. The van der Waals surface area contributed by atoms with Gasteiger partial charge >= 0.3 is 0 Å². The molecule has 0 atom stereocenters. The number of carbonyl (C=O) groups is 1. The molecule has 0 spiro atoms. The monoisotopic (exact) mass is 415 g/mol. The molecule has 2 aromatic rings. The predicted molar refractivity (Wildman–Crippen MR) is 118 cm³/mol. The van der Waals surface area contributed by atoms with E-state index in [2.05, 4.69) is 21.3 Å². The Morgan fingerprint density at radius 3 is 2.76 bits per heavy atom. The Labute approximate surface area is 176 Å². The number of carbonyl (C=O) groups excluding carboxylic acids is 1. The molecular weight excluding hydrogens is 386 g/mol. The average Bonchev–Trinajstić information content (AvgIpc) is 3.34. The van der Waals surface area contributed by atoms with Crippen LogP contribution in [-0.2, 0) is 16.0 Å². The van der Waals surface area contributed by atoms with E-state index in [0.29, 0.717) is 18.1 Å². The highest BCUT2D eigenvalue weighted by Crippen LogP contribution is 2.24. The molecule has 0 saturated carbocycles. The molecular formula is C21H29N5O2S. The number of aromatic nitrogens is 1. The van der Waals surface area contributed by atoms with Gasteiger partial charge in [0.05, 0.1) is 19.6 Å². The van der Waals surface area contributed by atoms with Crippen LogP contribution in [0.5, 0.6) is 0 Å². The molecule has 3 heterocycles. The van der Waals surface area contributed by atoms with Crippen molar-refractivity contribution < 1.29 is 9.53 Å². The number of benzene rings is 1. The van der Waals surface area contributed by atoms with Gasteiger partial charge in [0.1, 0.15) is 0 Å². The molecule has 2 saturated heterocycles. The van der Waals surface area contributed by atoms with Crippen LogP contribution in [0.25, 0.3) is 10.9 Å². The smallest absolute Gasteiger partial charge is 0.245 e. The minimum absolute atomic E-state index is 0.0904. The summed E-state index contributed by atoms with van der Waals surface area (Å²) >= 11 is 5.60. The molecule has 2 N–H and O–H groups in total. The number of nitrogens with one attached hydrogen (secondary N) is 2. The van der Waals surface area contributed by atoms with Gasteiger partial charge < -0.3 is 15.0 Å². The number of ether oxygens (including phenoxy) is 1. The molecule has 0 aliphatic carbocycles. The fourth-order valence-corrected chi connectivity index (χ4v) is 4.42. The van der Waals surface area contributed by atoms with Crippen molar-refractivity contribution in [3.8, 4) is 0 Å². The van der Waals surface area contributed by atoms with Gasteiger partial charge in [-0.2, -0.15) is 0 Å². The summed E-state index contributed by atoms with van der Waals surface area (Å²) in [5.41, 5.74) is 3.20. The second kappa shape index (κ2) is 9.11. The van der Waals surface area contributed by atoms with Crippen LogP contribution >= 0.6 is 12.2 Å². The predicted octanol–water partition coefficient (Wildman–Crippen LogP) is 1.67. The molecule has 29 heavy (non-hydrogen) atoms. The van der Waals surface area contributed by atoms with Crippen molar-refractivity contribution >= 4 is 34.1 Å². The number of para-hydroxylation sites is 1. The zero-order valence-electron chi connectivity index (χ0n) is 16.9. The van der Waals surface area contributed by atoms with Crippen LogP contribution < -0.4 is 5.32 Å². The first-order valence-electron chi connectivity index (χ1n) is 10.4. The van der Waals surface area contributed by atoms with E-state index in [-0.39, 0.29) is 5.91 Å². The van der Waals surface area contributed by atoms with Crippen molar-refractivity contribution in [2.75, 3.05) is 52.5 Å². The van der Waals surface area contributed by atoms with Gasteiger partial charge in [0.25, 0.3) is 0 Å². The second-order valence-electron chi connectivity index (χ2n) is 7.63. The number of hydrazine groups is 1. The summed E-state index contributed by atoms with van der Waals surface area (Å²) in [4.78, 5) is 18.9.